The third kappa shape index (κ3) is 44.0. The molecule has 0 aromatic heterocycles. The largest absolute Gasteiger partial charge is 0.462 e. The van der Waals surface area contributed by atoms with Crippen molar-refractivity contribution in [1.82, 2.24) is 0 Å². The molecule has 344 valence electrons. The number of esters is 3. The van der Waals surface area contributed by atoms with Crippen LogP contribution in [-0.2, 0) is 28.6 Å². The average molecular weight is 821 g/mol. The first kappa shape index (κ1) is 56.4. The fourth-order valence-corrected chi connectivity index (χ4v) is 7.83. The molecule has 0 amide bonds. The molecule has 0 aliphatic carbocycles. The lowest BCUT2D eigenvalue weighted by Crippen LogP contribution is -2.30. The molecular formula is C52H100O6. The fourth-order valence-electron chi connectivity index (χ4n) is 7.83. The topological polar surface area (TPSA) is 78.9 Å². The second-order valence-electron chi connectivity index (χ2n) is 18.1. The summed E-state index contributed by atoms with van der Waals surface area (Å²) in [5.41, 5.74) is 0. The van der Waals surface area contributed by atoms with Crippen LogP contribution in [0.15, 0.2) is 0 Å². The van der Waals surface area contributed by atoms with Gasteiger partial charge in [-0.05, 0) is 25.2 Å². The highest BCUT2D eigenvalue weighted by Gasteiger charge is 2.19. The van der Waals surface area contributed by atoms with Gasteiger partial charge in [0, 0.05) is 19.3 Å². The Kier molecular flexibility index (Phi) is 45.2. The maximum atomic E-state index is 12.8. The molecule has 0 bridgehead atoms. The molecule has 6 heteroatoms. The minimum absolute atomic E-state index is 0.0633. The second-order valence-corrected chi connectivity index (χ2v) is 18.1. The molecule has 0 fully saturated rings. The molecule has 0 heterocycles. The molecule has 6 nitrogen and oxygen atoms in total. The quantitative estimate of drug-likeness (QED) is 0.0346. The van der Waals surface area contributed by atoms with Crippen molar-refractivity contribution in [3.63, 3.8) is 0 Å². The van der Waals surface area contributed by atoms with Crippen molar-refractivity contribution in [2.45, 2.75) is 297 Å². The predicted molar refractivity (Wildman–Crippen MR) is 247 cm³/mol. The molecule has 0 aromatic carbocycles. The third-order valence-electron chi connectivity index (χ3n) is 12.2. The third-order valence-corrected chi connectivity index (χ3v) is 12.2. The van der Waals surface area contributed by atoms with Crippen LogP contribution in [0.4, 0.5) is 0 Å². The monoisotopic (exact) mass is 821 g/mol. The van der Waals surface area contributed by atoms with Crippen LogP contribution in [0.2, 0.25) is 0 Å². The highest BCUT2D eigenvalue weighted by Crippen LogP contribution is 2.18. The first-order valence-corrected chi connectivity index (χ1v) is 25.9. The molecule has 0 radical (unpaired) electrons. The van der Waals surface area contributed by atoms with Gasteiger partial charge in [-0.25, -0.2) is 0 Å². The summed E-state index contributed by atoms with van der Waals surface area (Å²) >= 11 is 0. The summed E-state index contributed by atoms with van der Waals surface area (Å²) < 4.78 is 16.7. The summed E-state index contributed by atoms with van der Waals surface area (Å²) in [6, 6.07) is 0. The molecule has 58 heavy (non-hydrogen) atoms. The van der Waals surface area contributed by atoms with Gasteiger partial charge in [0.15, 0.2) is 6.10 Å². The van der Waals surface area contributed by atoms with E-state index in [1.165, 1.54) is 186 Å². The predicted octanol–water partition coefficient (Wildman–Crippen LogP) is 16.7. The van der Waals surface area contributed by atoms with Crippen molar-refractivity contribution in [2.24, 2.45) is 5.92 Å². The standard InChI is InChI=1S/C52H100O6/c1-5-8-10-12-14-15-24-28-32-36-40-44-51(54)57-47-49(46-56-50(53)43-39-35-30-13-11-9-6-2)58-52(55)45-41-37-33-29-26-23-21-19-17-16-18-20-22-25-27-31-34-38-42-48(4)7-3/h48-49H,5-47H2,1-4H3/t48?,49-/m0/s1. The van der Waals surface area contributed by atoms with Crippen molar-refractivity contribution in [3.8, 4) is 0 Å². The number of carbonyl (C=O) groups excluding carboxylic acids is 3. The van der Waals surface area contributed by atoms with Crippen LogP contribution in [0, 0.1) is 5.92 Å². The van der Waals surface area contributed by atoms with Crippen LogP contribution >= 0.6 is 0 Å². The van der Waals surface area contributed by atoms with E-state index in [-0.39, 0.29) is 31.1 Å². The van der Waals surface area contributed by atoms with Gasteiger partial charge in [0.25, 0.3) is 0 Å². The zero-order valence-electron chi connectivity index (χ0n) is 39.5. The number of ether oxygens (including phenoxy) is 3. The summed E-state index contributed by atoms with van der Waals surface area (Å²) in [6.45, 7) is 9.03. The molecule has 0 N–H and O–H groups in total. The van der Waals surface area contributed by atoms with Crippen molar-refractivity contribution in [3.05, 3.63) is 0 Å². The summed E-state index contributed by atoms with van der Waals surface area (Å²) in [5.74, 6) is 0.0561. The van der Waals surface area contributed by atoms with Gasteiger partial charge >= 0.3 is 17.9 Å². The van der Waals surface area contributed by atoms with Gasteiger partial charge < -0.3 is 14.2 Å². The fraction of sp³-hybridized carbons (Fsp3) is 0.942. The number of rotatable bonds is 47. The lowest BCUT2D eigenvalue weighted by molar-refractivity contribution is -0.167. The van der Waals surface area contributed by atoms with E-state index >= 15 is 0 Å². The Morgan fingerprint density at radius 1 is 0.345 bits per heavy atom. The Bertz CT molecular complexity index is 874. The minimum Gasteiger partial charge on any atom is -0.462 e. The summed E-state index contributed by atoms with van der Waals surface area (Å²) in [7, 11) is 0. The number of carbonyl (C=O) groups is 3. The Morgan fingerprint density at radius 2 is 0.603 bits per heavy atom. The van der Waals surface area contributed by atoms with Crippen molar-refractivity contribution >= 4 is 17.9 Å². The molecule has 0 saturated heterocycles. The first-order chi connectivity index (χ1) is 28.4. The SMILES string of the molecule is CCCCCCCCCCCCCC(=O)OC[C@H](COC(=O)CCCCCCCCC)OC(=O)CCCCCCCCCCCCCCCCCCCCC(C)CC. The van der Waals surface area contributed by atoms with Gasteiger partial charge in [0.05, 0.1) is 0 Å². The molecule has 0 saturated carbocycles. The second kappa shape index (κ2) is 46.5. The molecule has 0 aliphatic rings. The first-order valence-electron chi connectivity index (χ1n) is 25.9. The molecule has 0 spiro atoms. The van der Waals surface area contributed by atoms with Gasteiger partial charge in [0.1, 0.15) is 13.2 Å². The van der Waals surface area contributed by atoms with Crippen LogP contribution in [0.3, 0.4) is 0 Å². The summed E-state index contributed by atoms with van der Waals surface area (Å²) in [6.07, 6.45) is 48.2. The number of unbranched alkanes of at least 4 members (excludes halogenated alkanes) is 33. The smallest absolute Gasteiger partial charge is 0.306 e. The number of hydrogen-bond acceptors (Lipinski definition) is 6. The minimum atomic E-state index is -0.758. The van der Waals surface area contributed by atoms with Crippen LogP contribution in [0.5, 0.6) is 0 Å². The van der Waals surface area contributed by atoms with Crippen LogP contribution < -0.4 is 0 Å². The number of hydrogen-bond donors (Lipinski definition) is 0. The van der Waals surface area contributed by atoms with E-state index in [4.69, 9.17) is 14.2 Å². The van der Waals surface area contributed by atoms with E-state index < -0.39 is 6.10 Å². The molecule has 2 atom stereocenters. The Hall–Kier alpha value is -1.59. The summed E-state index contributed by atoms with van der Waals surface area (Å²) in [5, 5.41) is 0. The van der Waals surface area contributed by atoms with E-state index in [0.717, 1.165) is 63.7 Å². The van der Waals surface area contributed by atoms with Gasteiger partial charge in [0.2, 0.25) is 0 Å². The van der Waals surface area contributed by atoms with E-state index in [2.05, 4.69) is 27.7 Å². The van der Waals surface area contributed by atoms with E-state index in [9.17, 15) is 14.4 Å². The Morgan fingerprint density at radius 3 is 0.897 bits per heavy atom. The molecule has 0 aromatic rings. The van der Waals surface area contributed by atoms with Gasteiger partial charge in [-0.15, -0.1) is 0 Å². The summed E-state index contributed by atoms with van der Waals surface area (Å²) in [4.78, 5) is 37.7. The van der Waals surface area contributed by atoms with Gasteiger partial charge in [-0.1, -0.05) is 252 Å². The maximum absolute atomic E-state index is 12.8. The normalized spacial score (nSPS) is 12.4. The van der Waals surface area contributed by atoms with Gasteiger partial charge in [-0.2, -0.15) is 0 Å². The van der Waals surface area contributed by atoms with Crippen molar-refractivity contribution < 1.29 is 28.6 Å². The average Bonchev–Trinajstić information content (AvgIpc) is 3.22. The van der Waals surface area contributed by atoms with E-state index in [1.807, 2.05) is 0 Å². The van der Waals surface area contributed by atoms with Crippen molar-refractivity contribution in [1.29, 1.82) is 0 Å². The lowest BCUT2D eigenvalue weighted by atomic mass is 9.99. The zero-order chi connectivity index (χ0) is 42.4. The van der Waals surface area contributed by atoms with Crippen LogP contribution in [-0.4, -0.2) is 37.2 Å². The van der Waals surface area contributed by atoms with E-state index in [0.29, 0.717) is 19.3 Å². The molecule has 1 unspecified atom stereocenters. The Labute approximate surface area is 361 Å². The van der Waals surface area contributed by atoms with Crippen LogP contribution in [0.1, 0.15) is 291 Å². The highest BCUT2D eigenvalue weighted by atomic mass is 16.6. The highest BCUT2D eigenvalue weighted by molar-refractivity contribution is 5.71. The van der Waals surface area contributed by atoms with Gasteiger partial charge in [-0.3, -0.25) is 14.4 Å². The molecule has 0 aliphatic heterocycles. The Balaban J connectivity index is 4.12. The molecular weight excluding hydrogens is 721 g/mol. The van der Waals surface area contributed by atoms with E-state index in [1.54, 1.807) is 0 Å². The van der Waals surface area contributed by atoms with Crippen LogP contribution in [0.25, 0.3) is 0 Å². The zero-order valence-corrected chi connectivity index (χ0v) is 39.5. The lowest BCUT2D eigenvalue weighted by Gasteiger charge is -2.18. The molecule has 0 rings (SSSR count). The van der Waals surface area contributed by atoms with Crippen molar-refractivity contribution in [2.75, 3.05) is 13.2 Å². The maximum Gasteiger partial charge on any atom is 0.306 e.